The number of fused-ring (bicyclic) bond motifs is 1. The summed E-state index contributed by atoms with van der Waals surface area (Å²) in [5, 5.41) is 3.89. The van der Waals surface area contributed by atoms with E-state index >= 15 is 0 Å². The second kappa shape index (κ2) is 8.07. The summed E-state index contributed by atoms with van der Waals surface area (Å²) < 4.78 is 16.8. The molecule has 1 unspecified atom stereocenters. The molecule has 0 radical (unpaired) electrons. The summed E-state index contributed by atoms with van der Waals surface area (Å²) >= 11 is 0. The largest absolute Gasteiger partial charge is 0.457 e. The molecule has 5 heterocycles. The first-order valence-corrected chi connectivity index (χ1v) is 10.7. The Balaban J connectivity index is 1.48. The van der Waals surface area contributed by atoms with Crippen LogP contribution in [-0.2, 0) is 9.53 Å². The number of pyridine rings is 2. The second-order valence-electron chi connectivity index (χ2n) is 7.94. The zero-order valence-electron chi connectivity index (χ0n) is 18.1. The Morgan fingerprint density at radius 3 is 2.82 bits per heavy atom. The van der Waals surface area contributed by atoms with Crippen LogP contribution in [0.15, 0.2) is 59.7 Å². The standard InChI is InChI=1S/C24H18N6O4/c1-13-8-20(22(26-11-13)24-27-12-32-30-24)33-19-10-17-16(9-14(19)18-5-6-21(31)34-18)28-23(29-17)15-4-2-3-7-25-15/h2-4,7-12,18H,5-6H2,1H3,(H,28,29). The third kappa shape index (κ3) is 3.64. The molecule has 1 saturated heterocycles. The van der Waals surface area contributed by atoms with Gasteiger partial charge in [0.15, 0.2) is 17.3 Å². The Bertz CT molecular complexity index is 1500. The fourth-order valence-corrected chi connectivity index (χ4v) is 3.94. The van der Waals surface area contributed by atoms with E-state index in [2.05, 4.69) is 25.1 Å². The topological polar surface area (TPSA) is 129 Å². The molecule has 168 valence electrons. The number of benzene rings is 1. The van der Waals surface area contributed by atoms with Gasteiger partial charge in [-0.05, 0) is 43.2 Å². The van der Waals surface area contributed by atoms with E-state index in [4.69, 9.17) is 19.0 Å². The number of imidazole rings is 1. The van der Waals surface area contributed by atoms with Crippen LogP contribution in [0.1, 0.15) is 30.1 Å². The van der Waals surface area contributed by atoms with Gasteiger partial charge in [0.25, 0.3) is 0 Å². The van der Waals surface area contributed by atoms with Gasteiger partial charge < -0.3 is 19.0 Å². The molecule has 0 bridgehead atoms. The number of carbonyl (C=O) groups is 1. The van der Waals surface area contributed by atoms with E-state index in [0.717, 1.165) is 22.3 Å². The molecule has 6 rings (SSSR count). The van der Waals surface area contributed by atoms with Crippen LogP contribution in [0.25, 0.3) is 34.1 Å². The third-order valence-electron chi connectivity index (χ3n) is 5.53. The average molecular weight is 454 g/mol. The van der Waals surface area contributed by atoms with Crippen LogP contribution in [-0.4, -0.2) is 36.0 Å². The zero-order chi connectivity index (χ0) is 23.1. The van der Waals surface area contributed by atoms with E-state index in [9.17, 15) is 4.79 Å². The Labute approximate surface area is 193 Å². The van der Waals surface area contributed by atoms with Crippen LogP contribution in [0, 0.1) is 6.92 Å². The van der Waals surface area contributed by atoms with Crippen molar-refractivity contribution in [1.82, 2.24) is 30.1 Å². The van der Waals surface area contributed by atoms with Gasteiger partial charge in [0.05, 0.1) is 11.0 Å². The molecular formula is C24H18N6O4. The number of aromatic amines is 1. The lowest BCUT2D eigenvalue weighted by atomic mass is 10.0. The summed E-state index contributed by atoms with van der Waals surface area (Å²) in [6.07, 6.45) is 5.12. The molecule has 0 aliphatic carbocycles. The summed E-state index contributed by atoms with van der Waals surface area (Å²) in [7, 11) is 0. The molecule has 4 aromatic heterocycles. The van der Waals surface area contributed by atoms with Crippen LogP contribution >= 0.6 is 0 Å². The van der Waals surface area contributed by atoms with Crippen molar-refractivity contribution in [3.63, 3.8) is 0 Å². The SMILES string of the molecule is Cc1cnc(-c2ncon2)c(Oc2cc3[nH]c(-c4ccccn4)nc3cc2C2CCC(=O)O2)c1. The van der Waals surface area contributed by atoms with E-state index < -0.39 is 6.10 Å². The minimum absolute atomic E-state index is 0.239. The summed E-state index contributed by atoms with van der Waals surface area (Å²) in [6, 6.07) is 11.2. The number of nitrogens with zero attached hydrogens (tertiary/aromatic N) is 5. The van der Waals surface area contributed by atoms with Crippen molar-refractivity contribution in [2.24, 2.45) is 0 Å². The molecule has 0 spiro atoms. The van der Waals surface area contributed by atoms with Crippen LogP contribution < -0.4 is 4.74 Å². The predicted octanol–water partition coefficient (Wildman–Crippen LogP) is 4.55. The smallest absolute Gasteiger partial charge is 0.306 e. The van der Waals surface area contributed by atoms with Crippen molar-refractivity contribution in [3.05, 3.63) is 66.3 Å². The van der Waals surface area contributed by atoms with Gasteiger partial charge in [-0.1, -0.05) is 11.2 Å². The molecule has 10 nitrogen and oxygen atoms in total. The molecule has 5 aromatic rings. The Morgan fingerprint density at radius 1 is 1.12 bits per heavy atom. The molecule has 34 heavy (non-hydrogen) atoms. The van der Waals surface area contributed by atoms with Crippen molar-refractivity contribution < 1.29 is 18.8 Å². The van der Waals surface area contributed by atoms with E-state index in [-0.39, 0.29) is 5.97 Å². The number of esters is 1. The number of rotatable bonds is 5. The van der Waals surface area contributed by atoms with Crippen molar-refractivity contribution in [3.8, 4) is 34.5 Å². The number of cyclic esters (lactones) is 1. The lowest BCUT2D eigenvalue weighted by Gasteiger charge is -2.17. The monoisotopic (exact) mass is 454 g/mol. The molecular weight excluding hydrogens is 436 g/mol. The van der Waals surface area contributed by atoms with Crippen molar-refractivity contribution >= 4 is 17.0 Å². The van der Waals surface area contributed by atoms with Crippen molar-refractivity contribution in [1.29, 1.82) is 0 Å². The predicted molar refractivity (Wildman–Crippen MR) is 120 cm³/mol. The fraction of sp³-hybridized carbons (Fsp3) is 0.167. The second-order valence-corrected chi connectivity index (χ2v) is 7.94. The number of carbonyl (C=O) groups excluding carboxylic acids is 1. The summed E-state index contributed by atoms with van der Waals surface area (Å²) in [5.41, 5.74) is 4.25. The fourth-order valence-electron chi connectivity index (χ4n) is 3.94. The van der Waals surface area contributed by atoms with E-state index in [1.165, 1.54) is 6.39 Å². The minimum Gasteiger partial charge on any atom is -0.457 e. The number of H-pyrrole nitrogens is 1. The van der Waals surface area contributed by atoms with Crippen molar-refractivity contribution in [2.45, 2.75) is 25.9 Å². The highest BCUT2D eigenvalue weighted by molar-refractivity contribution is 5.82. The number of aryl methyl sites for hydroxylation is 1. The van der Waals surface area contributed by atoms with Gasteiger partial charge in [-0.15, -0.1) is 0 Å². The van der Waals surface area contributed by atoms with Crippen LogP contribution in [0.4, 0.5) is 0 Å². The number of hydrogen-bond donors (Lipinski definition) is 1. The van der Waals surface area contributed by atoms with Gasteiger partial charge >= 0.3 is 5.97 Å². The first-order valence-electron chi connectivity index (χ1n) is 10.7. The number of hydrogen-bond acceptors (Lipinski definition) is 9. The summed E-state index contributed by atoms with van der Waals surface area (Å²) in [6.45, 7) is 1.91. The Hall–Kier alpha value is -4.60. The van der Waals surface area contributed by atoms with Crippen molar-refractivity contribution in [2.75, 3.05) is 0 Å². The lowest BCUT2D eigenvalue weighted by Crippen LogP contribution is -2.02. The first kappa shape index (κ1) is 20.0. The van der Waals surface area contributed by atoms with Gasteiger partial charge in [0.2, 0.25) is 12.2 Å². The zero-order valence-corrected chi connectivity index (χ0v) is 18.1. The number of ether oxygens (including phenoxy) is 2. The van der Waals surface area contributed by atoms with E-state index in [1.54, 1.807) is 12.4 Å². The molecule has 0 amide bonds. The van der Waals surface area contributed by atoms with Crippen LogP contribution in [0.2, 0.25) is 0 Å². The van der Waals surface area contributed by atoms with Gasteiger partial charge in [-0.3, -0.25) is 9.78 Å². The maximum absolute atomic E-state index is 11.9. The number of nitrogens with one attached hydrogen (secondary N) is 1. The minimum atomic E-state index is -0.437. The Morgan fingerprint density at radius 2 is 2.06 bits per heavy atom. The molecule has 10 heteroatoms. The highest BCUT2D eigenvalue weighted by atomic mass is 16.6. The van der Waals surface area contributed by atoms with Gasteiger partial charge in [-0.2, -0.15) is 4.98 Å². The van der Waals surface area contributed by atoms with Crippen LogP contribution in [0.5, 0.6) is 11.5 Å². The first-order chi connectivity index (χ1) is 16.6. The van der Waals surface area contributed by atoms with Gasteiger partial charge in [-0.25, -0.2) is 9.97 Å². The van der Waals surface area contributed by atoms with Gasteiger partial charge in [0.1, 0.15) is 17.5 Å². The lowest BCUT2D eigenvalue weighted by molar-refractivity contribution is -0.141. The molecule has 1 atom stereocenters. The summed E-state index contributed by atoms with van der Waals surface area (Å²) in [5.74, 6) is 1.67. The highest BCUT2D eigenvalue weighted by Gasteiger charge is 2.29. The maximum Gasteiger partial charge on any atom is 0.306 e. The van der Waals surface area contributed by atoms with E-state index in [1.807, 2.05) is 43.3 Å². The third-order valence-corrected chi connectivity index (χ3v) is 5.53. The molecule has 1 fully saturated rings. The molecule has 1 N–H and O–H groups in total. The normalized spacial score (nSPS) is 15.6. The average Bonchev–Trinajstić information content (AvgIpc) is 3.60. The highest BCUT2D eigenvalue weighted by Crippen LogP contribution is 2.41. The van der Waals surface area contributed by atoms with Gasteiger partial charge in [0, 0.05) is 30.4 Å². The molecule has 0 saturated carbocycles. The Kier molecular flexibility index (Phi) is 4.76. The quantitative estimate of drug-likeness (QED) is 0.380. The summed E-state index contributed by atoms with van der Waals surface area (Å²) in [4.78, 5) is 32.8. The molecule has 1 aromatic carbocycles. The van der Waals surface area contributed by atoms with E-state index in [0.29, 0.717) is 47.2 Å². The molecule has 1 aliphatic rings. The maximum atomic E-state index is 11.9. The number of aromatic nitrogens is 6. The van der Waals surface area contributed by atoms with Crippen LogP contribution in [0.3, 0.4) is 0 Å². The molecule has 1 aliphatic heterocycles.